The first-order chi connectivity index (χ1) is 8.27. The molecule has 0 aliphatic carbocycles. The quantitative estimate of drug-likeness (QED) is 0.797. The van der Waals surface area contributed by atoms with E-state index in [-0.39, 0.29) is 12.2 Å². The van der Waals surface area contributed by atoms with Gasteiger partial charge in [0.15, 0.2) is 14.1 Å². The highest BCUT2D eigenvalue weighted by Gasteiger charge is 2.41. The lowest BCUT2D eigenvalue weighted by Crippen LogP contribution is -2.35. The second-order valence-corrected chi connectivity index (χ2v) is 11.3. The minimum atomic E-state index is -1.66. The van der Waals surface area contributed by atoms with Crippen LogP contribution in [0.5, 0.6) is 0 Å². The molecule has 1 aromatic rings. The second-order valence-electron chi connectivity index (χ2n) is 5.89. The van der Waals surface area contributed by atoms with Crippen molar-refractivity contribution in [2.45, 2.75) is 51.5 Å². The van der Waals surface area contributed by atoms with Gasteiger partial charge in [-0.3, -0.25) is 0 Å². The minimum absolute atomic E-state index is 0.0714. The second kappa shape index (κ2) is 5.01. The van der Waals surface area contributed by atoms with E-state index in [2.05, 4.69) is 24.6 Å². The summed E-state index contributed by atoms with van der Waals surface area (Å²) in [6, 6.07) is 0. The van der Waals surface area contributed by atoms with Gasteiger partial charge in [0.1, 0.15) is 17.2 Å². The van der Waals surface area contributed by atoms with Crippen molar-refractivity contribution in [1.29, 1.82) is 0 Å². The van der Waals surface area contributed by atoms with Gasteiger partial charge in [-0.25, -0.2) is 4.98 Å². The Labute approximate surface area is 113 Å². The molecule has 2 atom stereocenters. The first kappa shape index (κ1) is 14.1. The monoisotopic (exact) mass is 287 g/mol. The predicted molar refractivity (Wildman–Crippen MR) is 74.2 cm³/mol. The lowest BCUT2D eigenvalue weighted by molar-refractivity contribution is -0.150. The smallest absolute Gasteiger partial charge is 0.184 e. The summed E-state index contributed by atoms with van der Waals surface area (Å²) in [5.41, 5.74) is 0. The molecule has 0 saturated carbocycles. The molecule has 0 radical (unpaired) electrons. The van der Waals surface area contributed by atoms with Gasteiger partial charge in [-0.1, -0.05) is 0 Å². The van der Waals surface area contributed by atoms with Crippen molar-refractivity contribution in [3.8, 4) is 0 Å². The Bertz CT molecular complexity index is 389. The highest BCUT2D eigenvalue weighted by molar-refractivity contribution is 7.09. The predicted octanol–water partition coefficient (Wildman–Crippen LogP) is 3.19. The molecule has 0 spiro atoms. The SMILES string of the molecule is CC1(C)OC[C@H]([C@@H](O[Si](C)(C)C)c2nccs2)O1. The number of hydrogen-bond donors (Lipinski definition) is 0. The Hall–Kier alpha value is -0.273. The van der Waals surface area contributed by atoms with E-state index < -0.39 is 14.1 Å². The van der Waals surface area contributed by atoms with Crippen molar-refractivity contribution in [3.05, 3.63) is 16.6 Å². The molecule has 0 unspecified atom stereocenters. The molecule has 1 saturated heterocycles. The summed E-state index contributed by atoms with van der Waals surface area (Å²) in [4.78, 5) is 4.37. The summed E-state index contributed by atoms with van der Waals surface area (Å²) >= 11 is 1.61. The Morgan fingerprint density at radius 1 is 1.50 bits per heavy atom. The molecule has 4 nitrogen and oxygen atoms in total. The number of aromatic nitrogens is 1. The van der Waals surface area contributed by atoms with Gasteiger partial charge in [-0.15, -0.1) is 11.3 Å². The highest BCUT2D eigenvalue weighted by atomic mass is 32.1. The zero-order valence-electron chi connectivity index (χ0n) is 11.6. The fraction of sp³-hybridized carbons (Fsp3) is 0.750. The van der Waals surface area contributed by atoms with Crippen molar-refractivity contribution in [2.24, 2.45) is 0 Å². The van der Waals surface area contributed by atoms with E-state index in [0.29, 0.717) is 6.61 Å². The number of rotatable bonds is 4. The number of thiazole rings is 1. The summed E-state index contributed by atoms with van der Waals surface area (Å²) in [5, 5.41) is 2.94. The van der Waals surface area contributed by atoms with E-state index in [1.165, 1.54) is 0 Å². The maximum atomic E-state index is 6.24. The fourth-order valence-corrected chi connectivity index (χ4v) is 3.73. The molecule has 1 aliphatic heterocycles. The van der Waals surface area contributed by atoms with E-state index in [1.54, 1.807) is 11.3 Å². The van der Waals surface area contributed by atoms with E-state index in [4.69, 9.17) is 13.9 Å². The number of ether oxygens (including phenoxy) is 2. The van der Waals surface area contributed by atoms with Crippen LogP contribution in [0.1, 0.15) is 25.0 Å². The molecule has 102 valence electrons. The summed E-state index contributed by atoms with van der Waals surface area (Å²) in [6.45, 7) is 10.9. The van der Waals surface area contributed by atoms with Crippen LogP contribution in [0, 0.1) is 0 Å². The van der Waals surface area contributed by atoms with Crippen LogP contribution >= 0.6 is 11.3 Å². The maximum absolute atomic E-state index is 6.24. The van der Waals surface area contributed by atoms with E-state index in [1.807, 2.05) is 25.4 Å². The third-order valence-corrected chi connectivity index (χ3v) is 4.34. The van der Waals surface area contributed by atoms with Crippen molar-refractivity contribution in [3.63, 3.8) is 0 Å². The van der Waals surface area contributed by atoms with Crippen LogP contribution in [-0.2, 0) is 13.9 Å². The molecule has 0 bridgehead atoms. The Morgan fingerprint density at radius 3 is 2.67 bits per heavy atom. The lowest BCUT2D eigenvalue weighted by Gasteiger charge is -2.29. The van der Waals surface area contributed by atoms with Gasteiger partial charge >= 0.3 is 0 Å². The zero-order valence-corrected chi connectivity index (χ0v) is 13.4. The topological polar surface area (TPSA) is 40.6 Å². The van der Waals surface area contributed by atoms with Crippen LogP contribution in [0.25, 0.3) is 0 Å². The molecule has 6 heteroatoms. The molecule has 2 heterocycles. The van der Waals surface area contributed by atoms with Gasteiger partial charge in [0.05, 0.1) is 6.61 Å². The fourth-order valence-electron chi connectivity index (χ4n) is 1.91. The summed E-state index contributed by atoms with van der Waals surface area (Å²) in [6.07, 6.45) is 1.62. The Kier molecular flexibility index (Phi) is 3.94. The van der Waals surface area contributed by atoms with Crippen molar-refractivity contribution in [2.75, 3.05) is 6.61 Å². The maximum Gasteiger partial charge on any atom is 0.184 e. The van der Waals surface area contributed by atoms with Gasteiger partial charge in [-0.05, 0) is 33.5 Å². The van der Waals surface area contributed by atoms with Crippen LogP contribution in [0.4, 0.5) is 0 Å². The van der Waals surface area contributed by atoms with Gasteiger partial charge < -0.3 is 13.9 Å². The van der Waals surface area contributed by atoms with E-state index in [0.717, 1.165) is 5.01 Å². The molecular weight excluding hydrogens is 266 g/mol. The standard InChI is InChI=1S/C12H21NO3SSi/c1-12(2)14-8-9(15-12)10(16-18(3,4)5)11-13-6-7-17-11/h6-7,9-10H,8H2,1-5H3/t9-,10-/m1/s1. The van der Waals surface area contributed by atoms with Crippen LogP contribution in [0.3, 0.4) is 0 Å². The first-order valence-electron chi connectivity index (χ1n) is 6.16. The molecule has 1 aromatic heterocycles. The van der Waals surface area contributed by atoms with Crippen LogP contribution in [0.15, 0.2) is 11.6 Å². The van der Waals surface area contributed by atoms with E-state index >= 15 is 0 Å². The van der Waals surface area contributed by atoms with Gasteiger partial charge in [0.2, 0.25) is 0 Å². The number of nitrogens with zero attached hydrogens (tertiary/aromatic N) is 1. The largest absolute Gasteiger partial charge is 0.405 e. The van der Waals surface area contributed by atoms with Crippen LogP contribution in [0.2, 0.25) is 19.6 Å². The number of hydrogen-bond acceptors (Lipinski definition) is 5. The molecule has 0 aromatic carbocycles. The average Bonchev–Trinajstić information content (AvgIpc) is 2.82. The van der Waals surface area contributed by atoms with Crippen molar-refractivity contribution in [1.82, 2.24) is 4.98 Å². The van der Waals surface area contributed by atoms with Crippen LogP contribution < -0.4 is 0 Å². The molecular formula is C12H21NO3SSi. The van der Waals surface area contributed by atoms with Crippen LogP contribution in [-0.4, -0.2) is 31.8 Å². The van der Waals surface area contributed by atoms with Gasteiger partial charge in [0, 0.05) is 11.6 Å². The average molecular weight is 287 g/mol. The molecule has 2 rings (SSSR count). The Morgan fingerprint density at radius 2 is 2.22 bits per heavy atom. The molecule has 0 N–H and O–H groups in total. The summed E-state index contributed by atoms with van der Waals surface area (Å²) in [5.74, 6) is -0.525. The Balaban J connectivity index is 2.16. The normalized spacial score (nSPS) is 25.3. The summed E-state index contributed by atoms with van der Waals surface area (Å²) < 4.78 is 17.8. The molecule has 1 aliphatic rings. The summed E-state index contributed by atoms with van der Waals surface area (Å²) in [7, 11) is -1.66. The lowest BCUT2D eigenvalue weighted by atomic mass is 10.2. The zero-order chi connectivity index (χ0) is 13.4. The highest BCUT2D eigenvalue weighted by Crippen LogP contribution is 2.35. The third-order valence-electron chi connectivity index (χ3n) is 2.54. The van der Waals surface area contributed by atoms with Gasteiger partial charge in [-0.2, -0.15) is 0 Å². The first-order valence-corrected chi connectivity index (χ1v) is 10.4. The van der Waals surface area contributed by atoms with Crippen molar-refractivity contribution >= 4 is 19.7 Å². The molecule has 1 fully saturated rings. The van der Waals surface area contributed by atoms with Gasteiger partial charge in [0.25, 0.3) is 0 Å². The van der Waals surface area contributed by atoms with Crippen molar-refractivity contribution < 1.29 is 13.9 Å². The molecule has 18 heavy (non-hydrogen) atoms. The molecule has 0 amide bonds. The minimum Gasteiger partial charge on any atom is -0.405 e. The van der Waals surface area contributed by atoms with E-state index in [9.17, 15) is 0 Å². The third kappa shape index (κ3) is 3.61.